The third-order valence-corrected chi connectivity index (χ3v) is 2.13. The molecule has 0 bridgehead atoms. The van der Waals surface area contributed by atoms with E-state index in [4.69, 9.17) is 33.7 Å². The molecule has 90 valence electrons. The van der Waals surface area contributed by atoms with Gasteiger partial charge in [0.1, 0.15) is 18.2 Å². The highest BCUT2D eigenvalue weighted by atomic mass is 35.5. The zero-order valence-corrected chi connectivity index (χ0v) is 10.6. The van der Waals surface area contributed by atoms with Crippen molar-refractivity contribution in [3.8, 4) is 5.75 Å². The zero-order valence-electron chi connectivity index (χ0n) is 8.25. The Bertz CT molecular complexity index is 371. The first-order valence-corrected chi connectivity index (χ1v) is 5.01. The van der Waals surface area contributed by atoms with E-state index in [1.807, 2.05) is 0 Å². The van der Waals surface area contributed by atoms with Gasteiger partial charge in [0, 0.05) is 11.6 Å². The van der Waals surface area contributed by atoms with Crippen LogP contribution in [0.3, 0.4) is 0 Å². The van der Waals surface area contributed by atoms with Crippen molar-refractivity contribution in [2.45, 2.75) is 0 Å². The summed E-state index contributed by atoms with van der Waals surface area (Å²) in [7, 11) is 0. The van der Waals surface area contributed by atoms with Crippen molar-refractivity contribution in [3.05, 3.63) is 40.1 Å². The van der Waals surface area contributed by atoms with Crippen molar-refractivity contribution in [3.63, 3.8) is 0 Å². The molecule has 0 aliphatic heterocycles. The molecule has 1 rings (SSSR count). The van der Waals surface area contributed by atoms with Gasteiger partial charge in [-0.2, -0.15) is 0 Å². The molecule has 0 aromatic heterocycles. The van der Waals surface area contributed by atoms with Gasteiger partial charge in [-0.3, -0.25) is 0 Å². The summed E-state index contributed by atoms with van der Waals surface area (Å²) in [6, 6.07) is 4.73. The molecule has 0 saturated carbocycles. The predicted molar refractivity (Wildman–Crippen MR) is 67.5 cm³/mol. The fourth-order valence-electron chi connectivity index (χ4n) is 0.926. The molecule has 1 aromatic carbocycles. The lowest BCUT2D eigenvalue weighted by molar-refractivity contribution is 0.318. The van der Waals surface area contributed by atoms with E-state index < -0.39 is 5.83 Å². The van der Waals surface area contributed by atoms with Crippen LogP contribution in [0.25, 0.3) is 0 Å². The van der Waals surface area contributed by atoms with Crippen LogP contribution in [0.4, 0.5) is 4.39 Å². The lowest BCUT2D eigenvalue weighted by Crippen LogP contribution is -2.01. The minimum atomic E-state index is -0.427. The molecular weight excluding hydrogens is 275 g/mol. The van der Waals surface area contributed by atoms with E-state index in [-0.39, 0.29) is 25.6 Å². The van der Waals surface area contributed by atoms with E-state index in [0.29, 0.717) is 15.8 Å². The largest absolute Gasteiger partial charge is 0.485 e. The van der Waals surface area contributed by atoms with Crippen LogP contribution in [0.5, 0.6) is 5.75 Å². The summed E-state index contributed by atoms with van der Waals surface area (Å²) in [4.78, 5) is 0. The second kappa shape index (κ2) is 7.74. The molecule has 0 saturated heterocycles. The second-order valence-corrected chi connectivity index (χ2v) is 3.59. The fraction of sp³-hybridized carbons (Fsp3) is 0.200. The number of rotatable bonds is 4. The van der Waals surface area contributed by atoms with Crippen molar-refractivity contribution in [1.29, 1.82) is 0 Å². The van der Waals surface area contributed by atoms with E-state index in [1.165, 1.54) is 12.1 Å². The Morgan fingerprint density at radius 1 is 1.44 bits per heavy atom. The lowest BCUT2D eigenvalue weighted by atomic mass is 10.3. The van der Waals surface area contributed by atoms with Crippen molar-refractivity contribution in [2.24, 2.45) is 5.73 Å². The van der Waals surface area contributed by atoms with E-state index in [2.05, 4.69) is 0 Å². The third-order valence-electron chi connectivity index (χ3n) is 1.60. The maximum atomic E-state index is 12.9. The predicted octanol–water partition coefficient (Wildman–Crippen LogP) is 3.61. The Morgan fingerprint density at radius 3 is 2.69 bits per heavy atom. The molecule has 0 aliphatic rings. The SMILES string of the molecule is Cl.NC/C=C(/F)COc1ccc(Cl)cc1Cl. The van der Waals surface area contributed by atoms with Gasteiger partial charge in [-0.15, -0.1) is 12.4 Å². The van der Waals surface area contributed by atoms with Crippen molar-refractivity contribution in [1.82, 2.24) is 0 Å². The number of hydrogen-bond acceptors (Lipinski definition) is 2. The average Bonchev–Trinajstić information content (AvgIpc) is 2.17. The Hall–Kier alpha value is -0.480. The molecule has 16 heavy (non-hydrogen) atoms. The molecule has 6 heteroatoms. The number of hydrogen-bond donors (Lipinski definition) is 1. The number of halogens is 4. The van der Waals surface area contributed by atoms with Crippen molar-refractivity contribution >= 4 is 35.6 Å². The van der Waals surface area contributed by atoms with Crippen LogP contribution in [0, 0.1) is 0 Å². The van der Waals surface area contributed by atoms with Gasteiger partial charge in [0.05, 0.1) is 5.02 Å². The summed E-state index contributed by atoms with van der Waals surface area (Å²) in [6.07, 6.45) is 1.24. The molecule has 0 fully saturated rings. The topological polar surface area (TPSA) is 35.2 Å². The van der Waals surface area contributed by atoms with Crippen LogP contribution in [0.15, 0.2) is 30.1 Å². The molecule has 0 atom stereocenters. The van der Waals surface area contributed by atoms with Gasteiger partial charge in [-0.1, -0.05) is 23.2 Å². The summed E-state index contributed by atoms with van der Waals surface area (Å²) in [5.41, 5.74) is 5.13. The van der Waals surface area contributed by atoms with Crippen LogP contribution >= 0.6 is 35.6 Å². The highest BCUT2D eigenvalue weighted by molar-refractivity contribution is 6.35. The van der Waals surface area contributed by atoms with E-state index >= 15 is 0 Å². The van der Waals surface area contributed by atoms with E-state index in [9.17, 15) is 4.39 Å². The van der Waals surface area contributed by atoms with Gasteiger partial charge >= 0.3 is 0 Å². The van der Waals surface area contributed by atoms with Gasteiger partial charge in [0.2, 0.25) is 0 Å². The van der Waals surface area contributed by atoms with E-state index in [0.717, 1.165) is 0 Å². The molecule has 0 radical (unpaired) electrons. The molecular formula is C10H11Cl3FNO. The minimum Gasteiger partial charge on any atom is -0.485 e. The molecule has 0 spiro atoms. The minimum absolute atomic E-state index is 0. The highest BCUT2D eigenvalue weighted by Crippen LogP contribution is 2.27. The first-order valence-electron chi connectivity index (χ1n) is 4.26. The Morgan fingerprint density at radius 2 is 2.12 bits per heavy atom. The van der Waals surface area contributed by atoms with Crippen LogP contribution < -0.4 is 10.5 Å². The second-order valence-electron chi connectivity index (χ2n) is 2.75. The molecule has 0 amide bonds. The fourth-order valence-corrected chi connectivity index (χ4v) is 1.39. The lowest BCUT2D eigenvalue weighted by Gasteiger charge is -2.06. The van der Waals surface area contributed by atoms with Crippen molar-refractivity contribution < 1.29 is 9.13 Å². The van der Waals surface area contributed by atoms with Crippen LogP contribution in [0.2, 0.25) is 10.0 Å². The van der Waals surface area contributed by atoms with Gasteiger partial charge < -0.3 is 10.5 Å². The summed E-state index contributed by atoms with van der Waals surface area (Å²) >= 11 is 11.5. The Labute approximate surface area is 110 Å². The maximum Gasteiger partial charge on any atom is 0.139 e. The smallest absolute Gasteiger partial charge is 0.139 e. The van der Waals surface area contributed by atoms with Gasteiger partial charge in [-0.25, -0.2) is 4.39 Å². The number of benzene rings is 1. The van der Waals surface area contributed by atoms with Gasteiger partial charge in [0.15, 0.2) is 0 Å². The monoisotopic (exact) mass is 285 g/mol. The summed E-state index contributed by atoms with van der Waals surface area (Å²) in [5.74, 6) is -0.0369. The summed E-state index contributed by atoms with van der Waals surface area (Å²) < 4.78 is 18.0. The number of ether oxygens (including phenoxy) is 1. The third kappa shape index (κ3) is 5.03. The molecule has 2 N–H and O–H groups in total. The standard InChI is InChI=1S/C10H10Cl2FNO.ClH/c11-7-1-2-10(9(12)5-7)15-6-8(13)3-4-14;/h1-3,5H,4,6,14H2;1H/b8-3+;. The molecule has 2 nitrogen and oxygen atoms in total. The molecule has 1 aromatic rings. The van der Waals surface area contributed by atoms with Gasteiger partial charge in [0.25, 0.3) is 0 Å². The summed E-state index contributed by atoms with van der Waals surface area (Å²) in [5, 5.41) is 0.855. The van der Waals surface area contributed by atoms with Crippen molar-refractivity contribution in [2.75, 3.05) is 13.2 Å². The van der Waals surface area contributed by atoms with Gasteiger partial charge in [-0.05, 0) is 24.3 Å². The maximum absolute atomic E-state index is 12.9. The zero-order chi connectivity index (χ0) is 11.3. The molecule has 0 heterocycles. The van der Waals surface area contributed by atoms with Crippen LogP contribution in [-0.2, 0) is 0 Å². The van der Waals surface area contributed by atoms with Crippen LogP contribution in [0.1, 0.15) is 0 Å². The quantitative estimate of drug-likeness (QED) is 0.918. The number of nitrogens with two attached hydrogens (primary N) is 1. The van der Waals surface area contributed by atoms with Crippen LogP contribution in [-0.4, -0.2) is 13.2 Å². The first kappa shape index (κ1) is 15.5. The molecule has 0 aliphatic carbocycles. The Balaban J connectivity index is 0.00000225. The first-order chi connectivity index (χ1) is 7.13. The van der Waals surface area contributed by atoms with E-state index in [1.54, 1.807) is 12.1 Å². The highest BCUT2D eigenvalue weighted by Gasteiger charge is 2.03. The normalized spacial score (nSPS) is 10.9. The Kier molecular flexibility index (Phi) is 7.51. The average molecular weight is 287 g/mol. The summed E-state index contributed by atoms with van der Waals surface area (Å²) in [6.45, 7) is -0.0396. The molecule has 0 unspecified atom stereocenters.